The van der Waals surface area contributed by atoms with Crippen molar-refractivity contribution in [3.8, 4) is 0 Å². The van der Waals surface area contributed by atoms with Crippen LogP contribution < -0.4 is 0 Å². The first-order valence-electron chi connectivity index (χ1n) is 11.4. The summed E-state index contributed by atoms with van der Waals surface area (Å²) in [5.74, 6) is 1.60. The van der Waals surface area contributed by atoms with E-state index in [9.17, 15) is 14.3 Å². The number of ether oxygens (including phenoxy) is 1. The van der Waals surface area contributed by atoms with Crippen molar-refractivity contribution in [3.05, 3.63) is 24.3 Å². The van der Waals surface area contributed by atoms with Crippen molar-refractivity contribution in [2.45, 2.75) is 77.6 Å². The highest BCUT2D eigenvalue weighted by Gasteiger charge is 2.34. The van der Waals surface area contributed by atoms with Crippen molar-refractivity contribution in [1.29, 1.82) is 0 Å². The quantitative estimate of drug-likeness (QED) is 0.150. The molecule has 2 fully saturated rings. The Balaban J connectivity index is 1.33. The SMILES string of the molecule is CCC1C[C@H]1C/C=C\C/C=C\CCCCCCCC(=O)OCC1COP(=O)(O)C1. The Morgan fingerprint density at radius 2 is 1.86 bits per heavy atom. The minimum absolute atomic E-state index is 0.0882. The molecule has 0 radical (unpaired) electrons. The lowest BCUT2D eigenvalue weighted by atomic mass is 10.1. The van der Waals surface area contributed by atoms with Crippen LogP contribution >= 0.6 is 7.60 Å². The first kappa shape index (κ1) is 24.4. The van der Waals surface area contributed by atoms with Gasteiger partial charge in [0.1, 0.15) is 0 Å². The van der Waals surface area contributed by atoms with Gasteiger partial charge in [-0.2, -0.15) is 0 Å². The van der Waals surface area contributed by atoms with E-state index < -0.39 is 7.60 Å². The fourth-order valence-corrected chi connectivity index (χ4v) is 5.27. The van der Waals surface area contributed by atoms with Gasteiger partial charge in [0.15, 0.2) is 0 Å². The van der Waals surface area contributed by atoms with Crippen LogP contribution in [0.5, 0.6) is 0 Å². The number of unbranched alkanes of at least 4 members (excludes halogenated alkanes) is 5. The number of carbonyl (C=O) groups excluding carboxylic acids is 1. The number of allylic oxidation sites excluding steroid dienone is 4. The van der Waals surface area contributed by atoms with Crippen molar-refractivity contribution >= 4 is 13.6 Å². The molecule has 6 heteroatoms. The summed E-state index contributed by atoms with van der Waals surface area (Å²) in [6.45, 7) is 2.68. The molecule has 0 spiro atoms. The second kappa shape index (κ2) is 13.4. The Labute approximate surface area is 176 Å². The summed E-state index contributed by atoms with van der Waals surface area (Å²) in [7, 11) is -3.41. The zero-order valence-corrected chi connectivity index (χ0v) is 18.9. The molecule has 1 saturated heterocycles. The topological polar surface area (TPSA) is 72.8 Å². The molecule has 3 unspecified atom stereocenters. The Hall–Kier alpha value is -0.900. The summed E-state index contributed by atoms with van der Waals surface area (Å²) in [5, 5.41) is 0. The van der Waals surface area contributed by atoms with Crippen LogP contribution in [-0.4, -0.2) is 30.2 Å². The van der Waals surface area contributed by atoms with Crippen molar-refractivity contribution in [1.82, 2.24) is 0 Å². The van der Waals surface area contributed by atoms with Gasteiger partial charge in [0.25, 0.3) is 0 Å². The van der Waals surface area contributed by atoms with Crippen LogP contribution in [-0.2, 0) is 18.6 Å². The molecule has 1 aliphatic heterocycles. The predicted molar refractivity (Wildman–Crippen MR) is 117 cm³/mol. The van der Waals surface area contributed by atoms with Gasteiger partial charge in [0.05, 0.1) is 19.4 Å². The van der Waals surface area contributed by atoms with Gasteiger partial charge in [-0.3, -0.25) is 9.36 Å². The minimum Gasteiger partial charge on any atom is -0.465 e. The van der Waals surface area contributed by atoms with Crippen LogP contribution in [0.15, 0.2) is 24.3 Å². The number of carbonyl (C=O) groups is 1. The van der Waals surface area contributed by atoms with Gasteiger partial charge in [0, 0.05) is 12.3 Å². The maximum atomic E-state index is 11.7. The van der Waals surface area contributed by atoms with Crippen LogP contribution in [0.4, 0.5) is 0 Å². The monoisotopic (exact) mass is 426 g/mol. The Morgan fingerprint density at radius 1 is 1.10 bits per heavy atom. The van der Waals surface area contributed by atoms with E-state index in [0.717, 1.165) is 43.9 Å². The molecule has 1 saturated carbocycles. The molecule has 1 aliphatic carbocycles. The molecule has 0 aromatic heterocycles. The number of hydrogen-bond acceptors (Lipinski definition) is 4. The summed E-state index contributed by atoms with van der Waals surface area (Å²) in [5.41, 5.74) is 0. The van der Waals surface area contributed by atoms with Gasteiger partial charge in [-0.15, -0.1) is 0 Å². The zero-order valence-electron chi connectivity index (χ0n) is 18.0. The third-order valence-electron chi connectivity index (χ3n) is 5.87. The van der Waals surface area contributed by atoms with Crippen LogP contribution in [0.1, 0.15) is 77.6 Å². The highest BCUT2D eigenvalue weighted by Crippen LogP contribution is 2.49. The Morgan fingerprint density at radius 3 is 2.59 bits per heavy atom. The average molecular weight is 427 g/mol. The normalized spacial score (nSPS) is 29.1. The van der Waals surface area contributed by atoms with E-state index in [4.69, 9.17) is 9.26 Å². The van der Waals surface area contributed by atoms with E-state index in [1.807, 2.05) is 0 Å². The summed E-state index contributed by atoms with van der Waals surface area (Å²) in [6.07, 6.45) is 21.4. The van der Waals surface area contributed by atoms with Gasteiger partial charge in [-0.1, -0.05) is 56.9 Å². The minimum atomic E-state index is -3.41. The standard InChI is InChI=1S/C23H39O5P/c1-2-21-16-22(21)14-12-10-8-6-4-3-5-7-9-11-13-15-23(24)27-17-20-18-28-29(25,26)19-20/h4,6,10,12,20-22H,2-3,5,7-9,11,13-19H2,1H3,(H,25,26)/b6-4-,12-10-/t20?,21?,22-/m1/s1. The molecule has 0 aromatic rings. The largest absolute Gasteiger partial charge is 0.465 e. The summed E-state index contributed by atoms with van der Waals surface area (Å²) in [6, 6.07) is 0. The molecule has 4 atom stereocenters. The lowest BCUT2D eigenvalue weighted by Gasteiger charge is -2.08. The van der Waals surface area contributed by atoms with Crippen LogP contribution in [0, 0.1) is 17.8 Å². The summed E-state index contributed by atoms with van der Waals surface area (Å²) < 4.78 is 21.3. The van der Waals surface area contributed by atoms with Crippen molar-refractivity contribution in [3.63, 3.8) is 0 Å². The average Bonchev–Trinajstić information content (AvgIpc) is 3.37. The van der Waals surface area contributed by atoms with Crippen LogP contribution in [0.2, 0.25) is 0 Å². The molecule has 1 N–H and O–H groups in total. The third kappa shape index (κ3) is 11.2. The van der Waals surface area contributed by atoms with E-state index in [0.29, 0.717) is 6.42 Å². The highest BCUT2D eigenvalue weighted by atomic mass is 31.2. The maximum Gasteiger partial charge on any atom is 0.328 e. The van der Waals surface area contributed by atoms with Crippen molar-refractivity contribution in [2.24, 2.45) is 17.8 Å². The molecule has 0 amide bonds. The molecule has 29 heavy (non-hydrogen) atoms. The van der Waals surface area contributed by atoms with Crippen molar-refractivity contribution in [2.75, 3.05) is 19.4 Å². The number of hydrogen-bond donors (Lipinski definition) is 1. The molecule has 1 heterocycles. The van der Waals surface area contributed by atoms with Gasteiger partial charge in [0.2, 0.25) is 0 Å². The maximum absolute atomic E-state index is 11.7. The molecule has 166 valence electrons. The second-order valence-electron chi connectivity index (χ2n) is 8.55. The lowest BCUT2D eigenvalue weighted by molar-refractivity contribution is -0.145. The first-order chi connectivity index (χ1) is 14.0. The highest BCUT2D eigenvalue weighted by molar-refractivity contribution is 7.53. The molecule has 5 nitrogen and oxygen atoms in total. The van der Waals surface area contributed by atoms with Gasteiger partial charge >= 0.3 is 13.6 Å². The molecule has 2 rings (SSSR count). The van der Waals surface area contributed by atoms with Gasteiger partial charge in [-0.05, 0) is 50.4 Å². The second-order valence-corrected chi connectivity index (χ2v) is 10.4. The fraction of sp³-hybridized carbons (Fsp3) is 0.783. The molecule has 2 aliphatic rings. The van der Waals surface area contributed by atoms with E-state index >= 15 is 0 Å². The summed E-state index contributed by atoms with van der Waals surface area (Å²) >= 11 is 0. The molecule has 0 bridgehead atoms. The van der Waals surface area contributed by atoms with E-state index in [1.165, 1.54) is 32.1 Å². The smallest absolute Gasteiger partial charge is 0.328 e. The summed E-state index contributed by atoms with van der Waals surface area (Å²) in [4.78, 5) is 21.0. The Kier molecular flexibility index (Phi) is 11.3. The van der Waals surface area contributed by atoms with E-state index in [1.54, 1.807) is 0 Å². The van der Waals surface area contributed by atoms with Crippen molar-refractivity contribution < 1.29 is 23.5 Å². The first-order valence-corrected chi connectivity index (χ1v) is 13.2. The van der Waals surface area contributed by atoms with Gasteiger partial charge < -0.3 is 14.2 Å². The molecule has 0 aromatic carbocycles. The van der Waals surface area contributed by atoms with Gasteiger partial charge in [-0.25, -0.2) is 0 Å². The van der Waals surface area contributed by atoms with Crippen LogP contribution in [0.3, 0.4) is 0 Å². The predicted octanol–water partition coefficient (Wildman–Crippen LogP) is 6.03. The Bertz CT molecular complexity index is 586. The zero-order chi connectivity index (χ0) is 21.0. The number of esters is 1. The number of rotatable bonds is 15. The molecular formula is C23H39O5P. The van der Waals surface area contributed by atoms with Crippen LogP contribution in [0.25, 0.3) is 0 Å². The van der Waals surface area contributed by atoms with E-state index in [2.05, 4.69) is 31.2 Å². The molecular weight excluding hydrogens is 387 g/mol. The fourth-order valence-electron chi connectivity index (χ4n) is 3.86. The van der Waals surface area contributed by atoms with E-state index in [-0.39, 0.29) is 31.3 Å². The lowest BCUT2D eigenvalue weighted by Crippen LogP contribution is -2.16. The third-order valence-corrected chi connectivity index (χ3v) is 7.40.